The van der Waals surface area contributed by atoms with Crippen molar-refractivity contribution in [3.05, 3.63) is 208 Å². The van der Waals surface area contributed by atoms with E-state index >= 15 is 0 Å². The molecule has 0 aromatic heterocycles. The van der Waals surface area contributed by atoms with Crippen LogP contribution in [0.15, 0.2) is 162 Å². The molecule has 5 aromatic carbocycles. The average molecular weight is 1230 g/mol. The molecule has 0 heterocycles. The Balaban J connectivity index is 0.00000105. The van der Waals surface area contributed by atoms with Gasteiger partial charge in [-0.15, -0.1) is 6.58 Å². The Morgan fingerprint density at radius 1 is 0.678 bits per heavy atom. The summed E-state index contributed by atoms with van der Waals surface area (Å²) in [5, 5.41) is 79.7. The number of carboxylic acids is 1. The molecule has 2 atom stereocenters. The van der Waals surface area contributed by atoms with Gasteiger partial charge in [0.15, 0.2) is 34.6 Å². The molecule has 10 N–H and O–H groups in total. The van der Waals surface area contributed by atoms with E-state index in [9.17, 15) is 61.9 Å². The molecule has 7 rings (SSSR count). The number of phenolic OH excluding ortho intramolecular Hbond substituents is 2. The zero-order valence-electron chi connectivity index (χ0n) is 50.4. The smallest absolute Gasteiger partial charge is 0.335 e. The molecule has 1 saturated carbocycles. The maximum atomic E-state index is 11.9. The lowest BCUT2D eigenvalue weighted by Crippen LogP contribution is -2.51. The van der Waals surface area contributed by atoms with E-state index < -0.39 is 70.2 Å². The molecule has 0 spiro atoms. The van der Waals surface area contributed by atoms with E-state index in [2.05, 4.69) is 20.4 Å². The van der Waals surface area contributed by atoms with Crippen LogP contribution >= 0.6 is 0 Å². The third-order valence-electron chi connectivity index (χ3n) is 11.9. The number of carbonyl (C=O) groups excluding carboxylic acids is 6. The summed E-state index contributed by atoms with van der Waals surface area (Å²) < 4.78 is 38.2. The van der Waals surface area contributed by atoms with Gasteiger partial charge in [-0.3, -0.25) is 33.3 Å². The molecule has 0 saturated heterocycles. The molecule has 0 aliphatic heterocycles. The van der Waals surface area contributed by atoms with Crippen molar-refractivity contribution >= 4 is 56.4 Å². The first-order valence-corrected chi connectivity index (χ1v) is 28.3. The highest BCUT2D eigenvalue weighted by Crippen LogP contribution is 2.36. The lowest BCUT2D eigenvalue weighted by atomic mass is 9.81. The zero-order chi connectivity index (χ0) is 66.7. The second-order valence-corrected chi connectivity index (χ2v) is 20.5. The van der Waals surface area contributed by atoms with Crippen LogP contribution in [0.3, 0.4) is 0 Å². The average Bonchev–Trinajstić information content (AvgIpc) is 3.05. The Bertz CT molecular complexity index is 3320. The minimum Gasteiger partial charge on any atom is -0.508 e. The van der Waals surface area contributed by atoms with Gasteiger partial charge in [-0.25, -0.2) is 4.79 Å². The number of phenols is 2. The fraction of sp³-hybridized carbons (Fsp3) is 0.288. The first-order chi connectivity index (χ1) is 40.8. The van der Waals surface area contributed by atoms with Gasteiger partial charge in [-0.1, -0.05) is 137 Å². The quantitative estimate of drug-likeness (QED) is 0.0214. The highest BCUT2D eigenvalue weighted by molar-refractivity contribution is 7.86. The summed E-state index contributed by atoms with van der Waals surface area (Å²) in [6.45, 7) is 19.2. The maximum Gasteiger partial charge on any atom is 0.335 e. The molecule has 21 heteroatoms. The van der Waals surface area contributed by atoms with E-state index in [1.54, 1.807) is 81.4 Å². The van der Waals surface area contributed by atoms with Gasteiger partial charge in [0.1, 0.15) is 36.6 Å². The van der Waals surface area contributed by atoms with E-state index in [0.717, 1.165) is 23.6 Å². The zero-order valence-corrected chi connectivity index (χ0v) is 51.2. The molecule has 2 unspecified atom stereocenters. The van der Waals surface area contributed by atoms with Gasteiger partial charge in [0.05, 0.1) is 25.2 Å². The predicted molar refractivity (Wildman–Crippen MR) is 331 cm³/mol. The Morgan fingerprint density at radius 2 is 1.20 bits per heavy atom. The SMILES string of the molecule is C=CC(C)C.CC/C=C\CO.CC1C(=O)C(=O)C1O.CCC(=O)CO.COc1cc(C(=O)CO)cc(C)c1O.Cc1ccc(/C(=C2/C=CC(=O)C(O)=C2)c2ccccc2S(=O)(=O)O)cc1O.Cc1ccc(C(=O)CO)cc1.Cc1ccc(C(=O)O)cc1. The highest BCUT2D eigenvalue weighted by atomic mass is 32.2. The van der Waals surface area contributed by atoms with Crippen molar-refractivity contribution in [1.82, 2.24) is 0 Å². The minimum absolute atomic E-state index is 0.000923. The maximum absolute atomic E-state index is 11.9. The summed E-state index contributed by atoms with van der Waals surface area (Å²) in [5.74, 6) is -3.32. The number of aromatic carboxylic acids is 1. The second kappa shape index (κ2) is 40.5. The summed E-state index contributed by atoms with van der Waals surface area (Å²) >= 11 is 0. The molecule has 2 aliphatic rings. The largest absolute Gasteiger partial charge is 0.508 e. The summed E-state index contributed by atoms with van der Waals surface area (Å²) in [6.07, 6.45) is 9.85. The number of Topliss-reactive ketones (excluding diaryl/α,β-unsaturated/α-hetero) is 5. The molecule has 87 heavy (non-hydrogen) atoms. The predicted octanol–water partition coefficient (Wildman–Crippen LogP) is 8.94. The van der Waals surface area contributed by atoms with Gasteiger partial charge < -0.3 is 50.7 Å². The second-order valence-electron chi connectivity index (χ2n) is 19.1. The van der Waals surface area contributed by atoms with E-state index in [0.29, 0.717) is 56.9 Å². The van der Waals surface area contributed by atoms with Crippen LogP contribution in [-0.2, 0) is 29.3 Å². The van der Waals surface area contributed by atoms with Crippen molar-refractivity contribution in [3.63, 3.8) is 0 Å². The van der Waals surface area contributed by atoms with Gasteiger partial charge in [-0.2, -0.15) is 8.42 Å². The van der Waals surface area contributed by atoms with Crippen LogP contribution in [-0.4, -0.2) is 139 Å². The van der Waals surface area contributed by atoms with Crippen LogP contribution < -0.4 is 4.74 Å². The van der Waals surface area contributed by atoms with Crippen molar-refractivity contribution in [2.75, 3.05) is 33.5 Å². The first kappa shape index (κ1) is 78.2. The summed E-state index contributed by atoms with van der Waals surface area (Å²) in [7, 11) is -3.13. The van der Waals surface area contributed by atoms with Crippen molar-refractivity contribution in [3.8, 4) is 17.2 Å². The number of benzene rings is 5. The molecule has 0 bridgehead atoms. The molecule has 470 valence electrons. The number of ether oxygens (including phenoxy) is 1. The van der Waals surface area contributed by atoms with Crippen LogP contribution in [0.1, 0.15) is 112 Å². The van der Waals surface area contributed by atoms with E-state index in [4.69, 9.17) is 35.4 Å². The Morgan fingerprint density at radius 3 is 1.57 bits per heavy atom. The number of ketones is 6. The van der Waals surface area contributed by atoms with Crippen molar-refractivity contribution in [1.29, 1.82) is 0 Å². The number of aliphatic hydroxyl groups excluding tert-OH is 6. The van der Waals surface area contributed by atoms with Crippen LogP contribution in [0, 0.1) is 39.5 Å². The number of carboxylic acid groups (broad SMARTS) is 1. The summed E-state index contributed by atoms with van der Waals surface area (Å²) in [4.78, 5) is 73.9. The van der Waals surface area contributed by atoms with E-state index in [1.807, 2.05) is 45.1 Å². The lowest BCUT2D eigenvalue weighted by Gasteiger charge is -2.24. The van der Waals surface area contributed by atoms with Gasteiger partial charge in [0, 0.05) is 23.1 Å². The minimum atomic E-state index is -4.54. The number of aryl methyl sites for hydroxylation is 4. The topological polar surface area (TPSA) is 365 Å². The Labute approximate surface area is 507 Å². The van der Waals surface area contributed by atoms with Crippen molar-refractivity contribution < 1.29 is 97.2 Å². The number of aliphatic hydroxyl groups is 6. The number of methoxy groups -OCH3 is 1. The van der Waals surface area contributed by atoms with Gasteiger partial charge in [-0.05, 0) is 116 Å². The normalized spacial score (nSPS) is 14.1. The fourth-order valence-electron chi connectivity index (χ4n) is 6.49. The molecule has 20 nitrogen and oxygen atoms in total. The number of carbonyl (C=O) groups is 7. The third-order valence-corrected chi connectivity index (χ3v) is 12.8. The number of hydrogen-bond acceptors (Lipinski definition) is 18. The summed E-state index contributed by atoms with van der Waals surface area (Å²) in [6, 6.07) is 27.4. The molecular formula is C66H80O20S. The Hall–Kier alpha value is -8.80. The first-order valence-electron chi connectivity index (χ1n) is 26.9. The fourth-order valence-corrected chi connectivity index (χ4v) is 7.19. The Kier molecular flexibility index (Phi) is 36.4. The monoisotopic (exact) mass is 1220 g/mol. The lowest BCUT2D eigenvalue weighted by molar-refractivity contribution is -0.157. The molecule has 0 amide bonds. The summed E-state index contributed by atoms with van der Waals surface area (Å²) in [5.41, 5.74) is 5.89. The number of allylic oxidation sites excluding steroid dienone is 6. The van der Waals surface area contributed by atoms with Crippen LogP contribution in [0.25, 0.3) is 5.57 Å². The van der Waals surface area contributed by atoms with Crippen LogP contribution in [0.2, 0.25) is 0 Å². The van der Waals surface area contributed by atoms with Gasteiger partial charge in [0.2, 0.25) is 17.3 Å². The van der Waals surface area contributed by atoms with E-state index in [-0.39, 0.29) is 52.5 Å². The number of rotatable bonds is 14. The molecule has 5 aromatic rings. The molecule has 2 aliphatic carbocycles. The van der Waals surface area contributed by atoms with E-state index in [1.165, 1.54) is 62.6 Å². The highest BCUT2D eigenvalue weighted by Gasteiger charge is 2.44. The van der Waals surface area contributed by atoms with Gasteiger partial charge in [0.25, 0.3) is 10.1 Å². The molecule has 1 fully saturated rings. The van der Waals surface area contributed by atoms with Crippen LogP contribution in [0.4, 0.5) is 0 Å². The molecule has 0 radical (unpaired) electrons. The van der Waals surface area contributed by atoms with Crippen molar-refractivity contribution in [2.45, 2.75) is 86.2 Å². The third kappa shape index (κ3) is 27.9. The molecular weight excluding hydrogens is 1140 g/mol. The van der Waals surface area contributed by atoms with Crippen LogP contribution in [0.5, 0.6) is 17.2 Å². The standard InChI is InChI=1S/C20H16O6S.C10H12O4.C9H10O2.C8H8O2.C5H6O3.C5H10O.C5H10.C4H8O2/c1-12-6-7-13(10-17(12)22)20(14-8-9-16(21)18(23)11-14)15-4-2-3-5-19(15)27(24,25)26;1-6-3-7(8(12)5-11)4-9(14-2)10(6)13;1-7-2-4-8(5-3-7)9(11)6-10;1-6-2-4-7(5-3-6)8(9)10;1-2-3(6)5(8)4(2)7;1-2-3-4-5-6;1-4-5(2)3;1-2-4(6)3-5/h2-11,22-23H,1H3,(H,24,25,26);3-4,11,13H,5H2,1-2H3;2-5,10H,6H2,1H3;2-5H,1H3,(H,9,10);2-3,6H,1H3;3-4,6H,2,5H2,1H3;4-5H,1H2,2-3H3;5H,2-3H2,1H3/b20-14+;;;;;4-3-;;. The van der Waals surface area contributed by atoms with Crippen molar-refractivity contribution in [2.24, 2.45) is 11.8 Å². The number of aromatic hydroxyl groups is 2. The number of hydrogen-bond donors (Lipinski definition) is 10. The van der Waals surface area contributed by atoms with Gasteiger partial charge >= 0.3 is 5.97 Å².